The van der Waals surface area contributed by atoms with Crippen molar-refractivity contribution in [3.8, 4) is 0 Å². The van der Waals surface area contributed by atoms with Crippen LogP contribution in [0.3, 0.4) is 0 Å². The zero-order valence-electron chi connectivity index (χ0n) is 9.59. The van der Waals surface area contributed by atoms with Crippen LogP contribution in [0.2, 0.25) is 0 Å². The second kappa shape index (κ2) is 6.02. The molecule has 0 saturated heterocycles. The Morgan fingerprint density at radius 3 is 2.53 bits per heavy atom. The van der Waals surface area contributed by atoms with Crippen molar-refractivity contribution in [2.45, 2.75) is 25.1 Å². The minimum Gasteiger partial charge on any atom is -0.379 e. The summed E-state index contributed by atoms with van der Waals surface area (Å²) in [7, 11) is 1.79. The highest BCUT2D eigenvalue weighted by Gasteiger charge is 2.40. The van der Waals surface area contributed by atoms with Gasteiger partial charge >= 0.3 is 6.18 Å². The summed E-state index contributed by atoms with van der Waals surface area (Å²) in [6.07, 6.45) is -5.75. The standard InChI is InChI=1S/C12H16F3NO/c1-16-8-4-6-9-5-2-3-7-10(9)11(17)12(13,14)15/h2-3,5,7,11,16-17H,4,6,8H2,1H3. The molecule has 1 unspecified atom stereocenters. The van der Waals surface area contributed by atoms with Gasteiger partial charge in [-0.25, -0.2) is 0 Å². The summed E-state index contributed by atoms with van der Waals surface area (Å²) >= 11 is 0. The van der Waals surface area contributed by atoms with Crippen LogP contribution in [0.5, 0.6) is 0 Å². The van der Waals surface area contributed by atoms with Crippen LogP contribution < -0.4 is 5.32 Å². The average Bonchev–Trinajstić information content (AvgIpc) is 2.28. The molecule has 1 aromatic carbocycles. The number of hydrogen-bond acceptors (Lipinski definition) is 2. The van der Waals surface area contributed by atoms with Gasteiger partial charge < -0.3 is 10.4 Å². The van der Waals surface area contributed by atoms with Crippen molar-refractivity contribution in [2.24, 2.45) is 0 Å². The number of nitrogens with one attached hydrogen (secondary N) is 1. The van der Waals surface area contributed by atoms with Crippen LogP contribution in [0.25, 0.3) is 0 Å². The van der Waals surface area contributed by atoms with Crippen molar-refractivity contribution in [3.63, 3.8) is 0 Å². The van der Waals surface area contributed by atoms with Crippen molar-refractivity contribution < 1.29 is 18.3 Å². The Balaban J connectivity index is 2.84. The molecule has 0 bridgehead atoms. The highest BCUT2D eigenvalue weighted by molar-refractivity contribution is 5.30. The number of aliphatic hydroxyl groups is 1. The van der Waals surface area contributed by atoms with E-state index in [4.69, 9.17) is 0 Å². The minimum atomic E-state index is -4.61. The highest BCUT2D eigenvalue weighted by atomic mass is 19.4. The molecule has 0 spiro atoms. The normalized spacial score (nSPS) is 13.7. The number of rotatable bonds is 5. The van der Waals surface area contributed by atoms with Crippen molar-refractivity contribution >= 4 is 0 Å². The molecule has 0 radical (unpaired) electrons. The number of alkyl halides is 3. The largest absolute Gasteiger partial charge is 0.418 e. The topological polar surface area (TPSA) is 32.3 Å². The van der Waals surface area contributed by atoms with Gasteiger partial charge in [0, 0.05) is 0 Å². The smallest absolute Gasteiger partial charge is 0.379 e. The SMILES string of the molecule is CNCCCc1ccccc1C(O)C(F)(F)F. The molecule has 0 aliphatic rings. The summed E-state index contributed by atoms with van der Waals surface area (Å²) in [5, 5.41) is 12.2. The Kier molecular flexibility index (Phi) is 4.96. The molecule has 5 heteroatoms. The van der Waals surface area contributed by atoms with E-state index in [1.54, 1.807) is 19.2 Å². The Morgan fingerprint density at radius 1 is 1.29 bits per heavy atom. The maximum absolute atomic E-state index is 12.4. The van der Waals surface area contributed by atoms with Crippen molar-refractivity contribution in [1.29, 1.82) is 0 Å². The van der Waals surface area contributed by atoms with E-state index in [0.717, 1.165) is 13.0 Å². The van der Waals surface area contributed by atoms with Crippen LogP contribution in [0, 0.1) is 0 Å². The summed E-state index contributed by atoms with van der Waals surface area (Å²) in [6.45, 7) is 0.733. The van der Waals surface area contributed by atoms with Crippen LogP contribution in [0.4, 0.5) is 13.2 Å². The lowest BCUT2D eigenvalue weighted by Crippen LogP contribution is -2.21. The highest BCUT2D eigenvalue weighted by Crippen LogP contribution is 2.34. The van der Waals surface area contributed by atoms with E-state index in [1.165, 1.54) is 12.1 Å². The lowest BCUT2D eigenvalue weighted by atomic mass is 9.98. The van der Waals surface area contributed by atoms with E-state index in [9.17, 15) is 18.3 Å². The molecule has 0 aliphatic heterocycles. The van der Waals surface area contributed by atoms with Gasteiger partial charge in [0.1, 0.15) is 0 Å². The predicted octanol–water partition coefficient (Wildman–Crippen LogP) is 2.43. The predicted molar refractivity (Wildman–Crippen MR) is 59.7 cm³/mol. The molecule has 1 aromatic rings. The zero-order valence-corrected chi connectivity index (χ0v) is 9.59. The molecule has 17 heavy (non-hydrogen) atoms. The summed E-state index contributed by atoms with van der Waals surface area (Å²) in [6, 6.07) is 6.14. The molecule has 0 heterocycles. The summed E-state index contributed by atoms with van der Waals surface area (Å²) in [5.74, 6) is 0. The quantitative estimate of drug-likeness (QED) is 0.783. The molecule has 2 N–H and O–H groups in total. The van der Waals surface area contributed by atoms with Gasteiger partial charge in [0.2, 0.25) is 0 Å². The fourth-order valence-electron chi connectivity index (χ4n) is 1.66. The first-order chi connectivity index (χ1) is 7.96. The summed E-state index contributed by atoms with van der Waals surface area (Å²) in [5.41, 5.74) is 0.503. The monoisotopic (exact) mass is 247 g/mol. The lowest BCUT2D eigenvalue weighted by molar-refractivity contribution is -0.207. The molecular formula is C12H16F3NO. The molecule has 0 aliphatic carbocycles. The van der Waals surface area contributed by atoms with Gasteiger partial charge in [-0.05, 0) is 37.6 Å². The minimum absolute atomic E-state index is 0.0453. The number of benzene rings is 1. The molecule has 0 fully saturated rings. The van der Waals surface area contributed by atoms with E-state index in [1.807, 2.05) is 0 Å². The van der Waals surface area contributed by atoms with Crippen molar-refractivity contribution in [1.82, 2.24) is 5.32 Å². The van der Waals surface area contributed by atoms with Crippen LogP contribution in [0.1, 0.15) is 23.7 Å². The van der Waals surface area contributed by atoms with Gasteiger partial charge in [0.25, 0.3) is 0 Å². The van der Waals surface area contributed by atoms with E-state index in [-0.39, 0.29) is 5.56 Å². The second-order valence-corrected chi connectivity index (χ2v) is 3.85. The van der Waals surface area contributed by atoms with E-state index >= 15 is 0 Å². The second-order valence-electron chi connectivity index (χ2n) is 3.85. The number of aliphatic hydroxyl groups excluding tert-OH is 1. The molecule has 1 rings (SSSR count). The Morgan fingerprint density at radius 2 is 1.94 bits per heavy atom. The van der Waals surface area contributed by atoms with E-state index in [2.05, 4.69) is 5.32 Å². The molecule has 0 aromatic heterocycles. The summed E-state index contributed by atoms with van der Waals surface area (Å²) < 4.78 is 37.3. The Bertz CT molecular complexity index is 352. The van der Waals surface area contributed by atoms with Crippen molar-refractivity contribution in [3.05, 3.63) is 35.4 Å². The number of halogens is 3. The maximum Gasteiger partial charge on any atom is 0.418 e. The maximum atomic E-state index is 12.4. The van der Waals surface area contributed by atoms with Crippen molar-refractivity contribution in [2.75, 3.05) is 13.6 Å². The first-order valence-electron chi connectivity index (χ1n) is 5.44. The van der Waals surface area contributed by atoms with Crippen LogP contribution in [0.15, 0.2) is 24.3 Å². The Labute approximate surface area is 98.5 Å². The van der Waals surface area contributed by atoms with Crippen LogP contribution in [-0.2, 0) is 6.42 Å². The van der Waals surface area contributed by atoms with Gasteiger partial charge in [-0.15, -0.1) is 0 Å². The van der Waals surface area contributed by atoms with Gasteiger partial charge in [0.05, 0.1) is 0 Å². The number of hydrogen-bond donors (Lipinski definition) is 2. The van der Waals surface area contributed by atoms with Gasteiger partial charge in [-0.1, -0.05) is 24.3 Å². The fourth-order valence-corrected chi connectivity index (χ4v) is 1.66. The first kappa shape index (κ1) is 14.0. The molecular weight excluding hydrogens is 231 g/mol. The lowest BCUT2D eigenvalue weighted by Gasteiger charge is -2.18. The van der Waals surface area contributed by atoms with Gasteiger partial charge in [-0.2, -0.15) is 13.2 Å². The first-order valence-corrected chi connectivity index (χ1v) is 5.44. The fraction of sp³-hybridized carbons (Fsp3) is 0.500. The molecule has 96 valence electrons. The van der Waals surface area contributed by atoms with E-state index in [0.29, 0.717) is 12.0 Å². The molecule has 1 atom stereocenters. The van der Waals surface area contributed by atoms with Gasteiger partial charge in [-0.3, -0.25) is 0 Å². The third-order valence-corrected chi connectivity index (χ3v) is 2.53. The zero-order chi connectivity index (χ0) is 12.9. The molecule has 2 nitrogen and oxygen atoms in total. The molecule has 0 saturated carbocycles. The third-order valence-electron chi connectivity index (χ3n) is 2.53. The van der Waals surface area contributed by atoms with Crippen LogP contribution in [-0.4, -0.2) is 24.9 Å². The average molecular weight is 247 g/mol. The van der Waals surface area contributed by atoms with Crippen LogP contribution >= 0.6 is 0 Å². The summed E-state index contributed by atoms with van der Waals surface area (Å²) in [4.78, 5) is 0. The van der Waals surface area contributed by atoms with E-state index < -0.39 is 12.3 Å². The van der Waals surface area contributed by atoms with Gasteiger partial charge in [0.15, 0.2) is 6.10 Å². The Hall–Kier alpha value is -1.07. The third kappa shape index (κ3) is 4.02. The number of aryl methyl sites for hydroxylation is 1. The molecule has 0 amide bonds.